The molecule has 0 nitrogen and oxygen atoms in total. The Morgan fingerprint density at radius 1 is 0.900 bits per heavy atom. The first kappa shape index (κ1) is 14.6. The van der Waals surface area contributed by atoms with Crippen molar-refractivity contribution in [2.75, 3.05) is 0 Å². The molecule has 0 aliphatic rings. The van der Waals surface area contributed by atoms with Crippen LogP contribution in [0.1, 0.15) is 10.4 Å². The predicted molar refractivity (Wildman–Crippen MR) is 94.6 cm³/mol. The summed E-state index contributed by atoms with van der Waals surface area (Å²) in [6, 6.07) is 14.3. The molecule has 20 heavy (non-hydrogen) atoms. The van der Waals surface area contributed by atoms with Crippen LogP contribution in [0.3, 0.4) is 0 Å². The van der Waals surface area contributed by atoms with Crippen LogP contribution in [0.2, 0.25) is 9.36 Å². The van der Waals surface area contributed by atoms with Crippen molar-refractivity contribution >= 4 is 61.8 Å². The molecule has 0 bridgehead atoms. The maximum Gasteiger partial charge on any atom is 0.0935 e. The van der Waals surface area contributed by atoms with E-state index in [0.29, 0.717) is 0 Å². The Kier molecular flexibility index (Phi) is 4.53. The van der Waals surface area contributed by atoms with E-state index in [0.717, 1.165) is 25.8 Å². The highest BCUT2D eigenvalue weighted by Crippen LogP contribution is 2.36. The molecule has 2 heterocycles. The van der Waals surface area contributed by atoms with Crippen LogP contribution in [-0.2, 0) is 6.42 Å². The van der Waals surface area contributed by atoms with Gasteiger partial charge in [0.15, 0.2) is 0 Å². The third kappa shape index (κ3) is 3.29. The molecule has 0 N–H and O–H groups in total. The monoisotopic (exact) mass is 402 g/mol. The van der Waals surface area contributed by atoms with Gasteiger partial charge in [0.05, 0.1) is 4.34 Å². The normalized spacial score (nSPS) is 10.9. The van der Waals surface area contributed by atoms with E-state index >= 15 is 0 Å². The first-order valence-electron chi connectivity index (χ1n) is 5.90. The van der Waals surface area contributed by atoms with Crippen LogP contribution in [0, 0.1) is 0 Å². The van der Waals surface area contributed by atoms with Gasteiger partial charge in [-0.3, -0.25) is 0 Å². The van der Waals surface area contributed by atoms with Crippen LogP contribution < -0.4 is 0 Å². The summed E-state index contributed by atoms with van der Waals surface area (Å²) in [4.78, 5) is 3.76. The van der Waals surface area contributed by atoms with Crippen LogP contribution >= 0.6 is 61.8 Å². The fourth-order valence-corrected chi connectivity index (χ4v) is 4.68. The van der Waals surface area contributed by atoms with Crippen molar-refractivity contribution in [3.05, 3.63) is 66.7 Å². The number of hydrogen-bond donors (Lipinski definition) is 0. The lowest BCUT2D eigenvalue weighted by molar-refractivity contribution is 1.24. The molecule has 0 amide bonds. The van der Waals surface area contributed by atoms with Gasteiger partial charge in [-0.15, -0.1) is 22.7 Å². The highest BCUT2D eigenvalue weighted by Gasteiger charge is 2.08. The Labute approximate surface area is 144 Å². The Hall–Kier alpha value is -0.320. The molecular weight excluding hydrogens is 395 g/mol. The molecule has 3 rings (SSSR count). The summed E-state index contributed by atoms with van der Waals surface area (Å²) in [7, 11) is 0. The van der Waals surface area contributed by atoms with Crippen molar-refractivity contribution < 1.29 is 0 Å². The highest BCUT2D eigenvalue weighted by molar-refractivity contribution is 9.10. The number of halogens is 3. The largest absolute Gasteiger partial charge is 0.139 e. The number of rotatable bonds is 3. The average Bonchev–Trinajstić information content (AvgIpc) is 3.03. The average molecular weight is 404 g/mol. The Bertz CT molecular complexity index is 746. The van der Waals surface area contributed by atoms with Crippen LogP contribution in [0.5, 0.6) is 0 Å². The lowest BCUT2D eigenvalue weighted by Crippen LogP contribution is -1.86. The van der Waals surface area contributed by atoms with Gasteiger partial charge >= 0.3 is 0 Å². The van der Waals surface area contributed by atoms with E-state index in [-0.39, 0.29) is 0 Å². The van der Waals surface area contributed by atoms with Gasteiger partial charge in [-0.05, 0) is 48.0 Å². The van der Waals surface area contributed by atoms with Crippen molar-refractivity contribution in [1.82, 2.24) is 0 Å². The van der Waals surface area contributed by atoms with Crippen molar-refractivity contribution in [1.29, 1.82) is 0 Å². The van der Waals surface area contributed by atoms with Crippen LogP contribution in [0.15, 0.2) is 46.9 Å². The molecule has 0 atom stereocenters. The minimum atomic E-state index is 0.808. The molecule has 0 radical (unpaired) electrons. The summed E-state index contributed by atoms with van der Waals surface area (Å²) in [5.41, 5.74) is 1.14. The smallest absolute Gasteiger partial charge is 0.0935 e. The first-order chi connectivity index (χ1) is 9.61. The van der Waals surface area contributed by atoms with E-state index in [4.69, 9.17) is 23.2 Å². The van der Waals surface area contributed by atoms with Crippen molar-refractivity contribution in [3.63, 3.8) is 0 Å². The quantitative estimate of drug-likeness (QED) is 0.436. The second kappa shape index (κ2) is 6.20. The maximum atomic E-state index is 6.24. The second-order valence-corrected chi connectivity index (χ2v) is 8.49. The van der Waals surface area contributed by atoms with Crippen LogP contribution in [0.25, 0.3) is 9.75 Å². The lowest BCUT2D eigenvalue weighted by Gasteiger charge is -2.03. The second-order valence-electron chi connectivity index (χ2n) is 4.28. The standard InChI is InChI=1S/C15H9BrCl2S2/c16-10-1-3-12(17)9(7-10)8-11-2-4-13(19-11)14-5-6-15(18)20-14/h1-7H,8H2. The fraction of sp³-hybridized carbons (Fsp3) is 0.0667. The van der Waals surface area contributed by atoms with E-state index in [1.165, 1.54) is 14.6 Å². The first-order valence-corrected chi connectivity index (χ1v) is 9.08. The van der Waals surface area contributed by atoms with E-state index in [1.54, 1.807) is 22.7 Å². The fourth-order valence-electron chi connectivity index (χ4n) is 1.92. The molecule has 0 aliphatic heterocycles. The zero-order valence-electron chi connectivity index (χ0n) is 10.2. The molecule has 1 aromatic carbocycles. The molecule has 0 unspecified atom stereocenters. The number of benzene rings is 1. The molecule has 0 saturated heterocycles. The van der Waals surface area contributed by atoms with E-state index in [2.05, 4.69) is 40.2 Å². The summed E-state index contributed by atoms with van der Waals surface area (Å²) >= 11 is 19.1. The third-order valence-corrected chi connectivity index (χ3v) is 6.22. The summed E-state index contributed by atoms with van der Waals surface area (Å²) in [5.74, 6) is 0. The van der Waals surface area contributed by atoms with Crippen LogP contribution in [-0.4, -0.2) is 0 Å². The van der Waals surface area contributed by atoms with Gasteiger partial charge in [0.1, 0.15) is 0 Å². The van der Waals surface area contributed by atoms with Gasteiger partial charge in [-0.2, -0.15) is 0 Å². The molecule has 0 fully saturated rings. The van der Waals surface area contributed by atoms with Gasteiger partial charge in [-0.1, -0.05) is 39.1 Å². The molecule has 2 aromatic heterocycles. The van der Waals surface area contributed by atoms with E-state index in [9.17, 15) is 0 Å². The van der Waals surface area contributed by atoms with Crippen molar-refractivity contribution in [2.45, 2.75) is 6.42 Å². The minimum Gasteiger partial charge on any atom is -0.139 e. The van der Waals surface area contributed by atoms with Gasteiger partial charge in [0.2, 0.25) is 0 Å². The third-order valence-electron chi connectivity index (χ3n) is 2.85. The van der Waals surface area contributed by atoms with E-state index in [1.807, 2.05) is 18.2 Å². The Morgan fingerprint density at radius 2 is 1.65 bits per heavy atom. The lowest BCUT2D eigenvalue weighted by atomic mass is 10.1. The number of hydrogen-bond acceptors (Lipinski definition) is 2. The summed E-state index contributed by atoms with van der Waals surface area (Å²) < 4.78 is 1.88. The van der Waals surface area contributed by atoms with Gasteiger partial charge < -0.3 is 0 Å². The summed E-state index contributed by atoms with van der Waals surface area (Å²) in [5, 5.41) is 0.808. The molecule has 0 spiro atoms. The van der Waals surface area contributed by atoms with Crippen molar-refractivity contribution in [2.24, 2.45) is 0 Å². The molecule has 5 heteroatoms. The van der Waals surface area contributed by atoms with Gasteiger partial charge in [0.25, 0.3) is 0 Å². The minimum absolute atomic E-state index is 0.808. The zero-order chi connectivity index (χ0) is 14.1. The summed E-state index contributed by atoms with van der Waals surface area (Å²) in [6.07, 6.45) is 0.849. The molecular formula is C15H9BrCl2S2. The van der Waals surface area contributed by atoms with Gasteiger partial charge in [-0.25, -0.2) is 0 Å². The van der Waals surface area contributed by atoms with Gasteiger partial charge in [0, 0.05) is 30.5 Å². The molecule has 3 aromatic rings. The SMILES string of the molecule is Clc1ccc(-c2ccc(Cc3cc(Br)ccc3Cl)s2)s1. The summed E-state index contributed by atoms with van der Waals surface area (Å²) in [6.45, 7) is 0. The molecule has 0 saturated carbocycles. The molecule has 0 aliphatic carbocycles. The highest BCUT2D eigenvalue weighted by atomic mass is 79.9. The van der Waals surface area contributed by atoms with Crippen LogP contribution in [0.4, 0.5) is 0 Å². The zero-order valence-corrected chi connectivity index (χ0v) is 14.9. The Balaban J connectivity index is 1.85. The maximum absolute atomic E-state index is 6.24. The number of thiophene rings is 2. The topological polar surface area (TPSA) is 0 Å². The Morgan fingerprint density at radius 3 is 2.40 bits per heavy atom. The van der Waals surface area contributed by atoms with E-state index < -0.39 is 0 Å². The molecule has 102 valence electrons. The van der Waals surface area contributed by atoms with Crippen molar-refractivity contribution in [3.8, 4) is 9.75 Å². The predicted octanol–water partition coefficient (Wildman–Crippen LogP) is 7.14.